The molecule has 0 aliphatic carbocycles. The average Bonchev–Trinajstić information content (AvgIpc) is 3.41. The predicted molar refractivity (Wildman–Crippen MR) is 113 cm³/mol. The Labute approximate surface area is 176 Å². The Hall–Kier alpha value is -3.09. The van der Waals surface area contributed by atoms with Gasteiger partial charge in [-0.25, -0.2) is 0 Å². The summed E-state index contributed by atoms with van der Waals surface area (Å²) in [6, 6.07) is 15.1. The first-order valence-electron chi connectivity index (χ1n) is 8.88. The lowest BCUT2D eigenvalue weighted by Crippen LogP contribution is -2.25. The van der Waals surface area contributed by atoms with E-state index in [1.165, 1.54) is 11.8 Å². The Morgan fingerprint density at radius 1 is 1.28 bits per heavy atom. The zero-order chi connectivity index (χ0) is 20.6. The number of thiophene rings is 1. The van der Waals surface area contributed by atoms with E-state index < -0.39 is 5.91 Å². The standard InChI is InChI=1S/C20H19N5O2S2/c1-2-25-18(17-9-6-10-28-17)23-24-20(25)29-13-16(26)15(11-21)19(27)22-12-14-7-4-3-5-8-14/h3-10,26H,2,12-13H2,1H3,(H,22,27)/b16-15-. The number of nitriles is 1. The van der Waals surface area contributed by atoms with Gasteiger partial charge in [0.15, 0.2) is 16.6 Å². The zero-order valence-corrected chi connectivity index (χ0v) is 17.3. The third-order valence-electron chi connectivity index (χ3n) is 4.04. The number of nitrogens with zero attached hydrogens (tertiary/aromatic N) is 4. The Bertz CT molecular complexity index is 1040. The highest BCUT2D eigenvalue weighted by molar-refractivity contribution is 7.99. The van der Waals surface area contributed by atoms with Crippen LogP contribution in [0, 0.1) is 11.3 Å². The molecule has 9 heteroatoms. The molecule has 2 N–H and O–H groups in total. The summed E-state index contributed by atoms with van der Waals surface area (Å²) in [5.41, 5.74) is 0.610. The third-order valence-corrected chi connectivity index (χ3v) is 5.88. The second-order valence-corrected chi connectivity index (χ2v) is 7.81. The lowest BCUT2D eigenvalue weighted by molar-refractivity contribution is -0.117. The number of benzene rings is 1. The first-order chi connectivity index (χ1) is 14.1. The number of aromatic nitrogens is 3. The summed E-state index contributed by atoms with van der Waals surface area (Å²) in [5.74, 6) is -0.0869. The highest BCUT2D eigenvalue weighted by Gasteiger charge is 2.18. The quantitative estimate of drug-likeness (QED) is 0.246. The number of nitrogens with one attached hydrogen (secondary N) is 1. The summed E-state index contributed by atoms with van der Waals surface area (Å²) in [5, 5.41) is 33.3. The van der Waals surface area contributed by atoms with Crippen LogP contribution in [-0.2, 0) is 17.9 Å². The monoisotopic (exact) mass is 425 g/mol. The lowest BCUT2D eigenvalue weighted by Gasteiger charge is -2.08. The summed E-state index contributed by atoms with van der Waals surface area (Å²) < 4.78 is 1.94. The van der Waals surface area contributed by atoms with Crippen LogP contribution in [0.5, 0.6) is 0 Å². The van der Waals surface area contributed by atoms with E-state index in [2.05, 4.69) is 15.5 Å². The molecule has 1 aromatic carbocycles. The van der Waals surface area contributed by atoms with Crippen LogP contribution in [-0.4, -0.2) is 31.5 Å². The summed E-state index contributed by atoms with van der Waals surface area (Å²) >= 11 is 2.80. The third kappa shape index (κ3) is 5.04. The zero-order valence-electron chi connectivity index (χ0n) is 15.7. The minimum absolute atomic E-state index is 0.0459. The SMILES string of the molecule is CCn1c(SC/C(O)=C(\C#N)C(=O)NCc2ccccc2)nnc1-c1cccs1. The summed E-state index contributed by atoms with van der Waals surface area (Å²) in [6.45, 7) is 2.92. The molecule has 0 saturated heterocycles. The van der Waals surface area contributed by atoms with Crippen molar-refractivity contribution in [3.8, 4) is 16.8 Å². The molecule has 0 spiro atoms. The van der Waals surface area contributed by atoms with Crippen molar-refractivity contribution in [2.24, 2.45) is 0 Å². The molecule has 29 heavy (non-hydrogen) atoms. The largest absolute Gasteiger partial charge is 0.510 e. The van der Waals surface area contributed by atoms with Crippen molar-refractivity contribution in [3.05, 3.63) is 64.7 Å². The number of hydrogen-bond donors (Lipinski definition) is 2. The summed E-state index contributed by atoms with van der Waals surface area (Å²) in [7, 11) is 0. The molecule has 0 atom stereocenters. The number of carbonyl (C=O) groups is 1. The van der Waals surface area contributed by atoms with Crippen molar-refractivity contribution < 1.29 is 9.90 Å². The lowest BCUT2D eigenvalue weighted by atomic mass is 10.2. The van der Waals surface area contributed by atoms with Gasteiger partial charge in [-0.1, -0.05) is 48.2 Å². The van der Waals surface area contributed by atoms with Gasteiger partial charge in [0, 0.05) is 13.1 Å². The minimum Gasteiger partial charge on any atom is -0.510 e. The van der Waals surface area contributed by atoms with Crippen LogP contribution < -0.4 is 5.32 Å². The molecule has 148 valence electrons. The number of carbonyl (C=O) groups excluding carboxylic acids is 1. The second kappa shape index (κ2) is 9.91. The Kier molecular flexibility index (Phi) is 7.05. The van der Waals surface area contributed by atoms with Crippen LogP contribution in [0.25, 0.3) is 10.7 Å². The molecule has 0 radical (unpaired) electrons. The average molecular weight is 426 g/mol. The fourth-order valence-corrected chi connectivity index (χ4v) is 4.18. The minimum atomic E-state index is -0.606. The number of rotatable bonds is 8. The first kappa shape index (κ1) is 20.6. The molecule has 2 aromatic heterocycles. The fraction of sp³-hybridized carbons (Fsp3) is 0.200. The van der Waals surface area contributed by atoms with E-state index in [1.54, 1.807) is 17.4 Å². The van der Waals surface area contributed by atoms with Crippen LogP contribution >= 0.6 is 23.1 Å². The van der Waals surface area contributed by atoms with E-state index in [4.69, 9.17) is 0 Å². The van der Waals surface area contributed by atoms with Crippen molar-refractivity contribution in [2.45, 2.75) is 25.2 Å². The van der Waals surface area contributed by atoms with Crippen LogP contribution in [0.3, 0.4) is 0 Å². The van der Waals surface area contributed by atoms with Gasteiger partial charge in [-0.2, -0.15) is 5.26 Å². The fourth-order valence-electron chi connectivity index (χ4n) is 2.59. The van der Waals surface area contributed by atoms with Crippen LogP contribution in [0.1, 0.15) is 12.5 Å². The van der Waals surface area contributed by atoms with Gasteiger partial charge in [-0.15, -0.1) is 21.5 Å². The van der Waals surface area contributed by atoms with Crippen LogP contribution in [0.15, 0.2) is 64.3 Å². The molecule has 0 bridgehead atoms. The molecule has 0 aliphatic heterocycles. The smallest absolute Gasteiger partial charge is 0.265 e. The number of thioether (sulfide) groups is 1. The van der Waals surface area contributed by atoms with E-state index in [9.17, 15) is 15.2 Å². The van der Waals surface area contributed by atoms with E-state index >= 15 is 0 Å². The van der Waals surface area contributed by atoms with Crippen molar-refractivity contribution in [1.82, 2.24) is 20.1 Å². The van der Waals surface area contributed by atoms with Gasteiger partial charge in [-0.3, -0.25) is 4.79 Å². The molecule has 7 nitrogen and oxygen atoms in total. The van der Waals surface area contributed by atoms with Gasteiger partial charge in [0.1, 0.15) is 11.8 Å². The highest BCUT2D eigenvalue weighted by Crippen LogP contribution is 2.28. The van der Waals surface area contributed by atoms with Crippen LogP contribution in [0.4, 0.5) is 0 Å². The molecule has 3 aromatic rings. The molecule has 3 rings (SSSR count). The van der Waals surface area contributed by atoms with Gasteiger partial charge in [0.25, 0.3) is 5.91 Å². The van der Waals surface area contributed by atoms with Crippen molar-refractivity contribution in [2.75, 3.05) is 5.75 Å². The molecular weight excluding hydrogens is 406 g/mol. The van der Waals surface area contributed by atoms with Crippen LogP contribution in [0.2, 0.25) is 0 Å². The maximum absolute atomic E-state index is 12.3. The Morgan fingerprint density at radius 2 is 2.07 bits per heavy atom. The van der Waals surface area contributed by atoms with Gasteiger partial charge in [0.05, 0.1) is 10.6 Å². The maximum Gasteiger partial charge on any atom is 0.265 e. The molecule has 0 aliphatic rings. The van der Waals surface area contributed by atoms with E-state index in [1.807, 2.05) is 59.3 Å². The normalized spacial score (nSPS) is 11.6. The van der Waals surface area contributed by atoms with Gasteiger partial charge in [-0.05, 0) is 23.9 Å². The Balaban J connectivity index is 1.67. The van der Waals surface area contributed by atoms with E-state index in [0.717, 1.165) is 16.3 Å². The molecule has 0 unspecified atom stereocenters. The molecule has 0 fully saturated rings. The number of aliphatic hydroxyl groups excluding tert-OH is 1. The molecule has 0 saturated carbocycles. The predicted octanol–water partition coefficient (Wildman–Crippen LogP) is 3.77. The summed E-state index contributed by atoms with van der Waals surface area (Å²) in [4.78, 5) is 13.3. The van der Waals surface area contributed by atoms with Gasteiger partial charge >= 0.3 is 0 Å². The Morgan fingerprint density at radius 3 is 2.72 bits per heavy atom. The number of hydrogen-bond acceptors (Lipinski definition) is 7. The molecule has 1 amide bonds. The molecular formula is C20H19N5O2S2. The maximum atomic E-state index is 12.3. The second-order valence-electron chi connectivity index (χ2n) is 5.92. The summed E-state index contributed by atoms with van der Waals surface area (Å²) in [6.07, 6.45) is 0. The highest BCUT2D eigenvalue weighted by atomic mass is 32.2. The van der Waals surface area contributed by atoms with Crippen molar-refractivity contribution >= 4 is 29.0 Å². The number of amides is 1. The first-order valence-corrected chi connectivity index (χ1v) is 10.7. The number of aliphatic hydroxyl groups is 1. The van der Waals surface area contributed by atoms with Gasteiger partial charge in [0.2, 0.25) is 0 Å². The van der Waals surface area contributed by atoms with Crippen molar-refractivity contribution in [1.29, 1.82) is 5.26 Å². The van der Waals surface area contributed by atoms with Crippen molar-refractivity contribution in [3.63, 3.8) is 0 Å². The molecule has 2 heterocycles. The topological polar surface area (TPSA) is 104 Å². The van der Waals surface area contributed by atoms with E-state index in [-0.39, 0.29) is 23.6 Å². The van der Waals surface area contributed by atoms with Gasteiger partial charge < -0.3 is 15.0 Å². The van der Waals surface area contributed by atoms with E-state index in [0.29, 0.717) is 11.7 Å².